The molecule has 3 aliphatic heterocycles. The molecule has 238 valence electrons. The van der Waals surface area contributed by atoms with E-state index in [0.29, 0.717) is 43.7 Å². The van der Waals surface area contributed by atoms with Gasteiger partial charge in [0.1, 0.15) is 0 Å². The molecule has 1 saturated carbocycles. The average molecular weight is 589 g/mol. The fourth-order valence-corrected chi connectivity index (χ4v) is 6.82. The molecule has 1 N–H and O–H groups in total. The Morgan fingerprint density at radius 1 is 1.00 bits per heavy atom. The van der Waals surface area contributed by atoms with Gasteiger partial charge in [-0.3, -0.25) is 0 Å². The standard InChI is InChI=1S/C35H56O7/c1-24(2)12-11-14-25(3)13-5-6-15-27-19-18-26(4)28(27)22-29-30(40-29)23-31(41-32-16-7-9-20-38-32)34(35(36)37)42-33-17-8-10-21-39-33/h12,25,27-30,32-33H,4-11,13-23H2,1-3H3,(H,36,37)/t25?,27-,28-,29+,30?,32?,33?/m0/s1. The molecule has 42 heavy (non-hydrogen) atoms. The SMILES string of the molecule is C=C1CC[C@H](CCCCC(C)CCC=C(C)C)[C@H]1C[C@H]1OC1CC(OC1CCCCO1)=C(OC1CCCCO1)C(=O)O. The van der Waals surface area contributed by atoms with Crippen molar-refractivity contribution in [1.82, 2.24) is 0 Å². The fourth-order valence-electron chi connectivity index (χ4n) is 6.82. The Balaban J connectivity index is 1.29. The normalized spacial score (nSPS) is 30.8. The van der Waals surface area contributed by atoms with Gasteiger partial charge in [0.05, 0.1) is 25.4 Å². The van der Waals surface area contributed by atoms with E-state index in [1.54, 1.807) is 0 Å². The Kier molecular flexibility index (Phi) is 13.3. The molecule has 4 unspecified atom stereocenters. The summed E-state index contributed by atoms with van der Waals surface area (Å²) in [6.45, 7) is 12.4. The number of epoxide rings is 1. The second-order valence-electron chi connectivity index (χ2n) is 13.4. The summed E-state index contributed by atoms with van der Waals surface area (Å²) in [5.74, 6) is 0.953. The van der Waals surface area contributed by atoms with Crippen LogP contribution in [0.4, 0.5) is 0 Å². The maximum atomic E-state index is 12.3. The summed E-state index contributed by atoms with van der Waals surface area (Å²) in [6.07, 6.45) is 17.9. The molecule has 1 aliphatic carbocycles. The minimum absolute atomic E-state index is 0.0791. The zero-order valence-corrected chi connectivity index (χ0v) is 26.5. The van der Waals surface area contributed by atoms with Crippen LogP contribution in [0.3, 0.4) is 0 Å². The van der Waals surface area contributed by atoms with Crippen LogP contribution in [0.1, 0.15) is 124 Å². The van der Waals surface area contributed by atoms with Crippen molar-refractivity contribution in [2.45, 2.75) is 148 Å². The first-order chi connectivity index (χ1) is 20.3. The Labute approximate surface area is 254 Å². The first-order valence-corrected chi connectivity index (χ1v) is 16.8. The molecule has 7 nitrogen and oxygen atoms in total. The number of hydrogen-bond acceptors (Lipinski definition) is 6. The lowest BCUT2D eigenvalue weighted by Crippen LogP contribution is -2.28. The summed E-state index contributed by atoms with van der Waals surface area (Å²) in [7, 11) is 0. The van der Waals surface area contributed by atoms with Gasteiger partial charge in [0, 0.05) is 19.3 Å². The molecular formula is C35H56O7. The van der Waals surface area contributed by atoms with Gasteiger partial charge in [0.25, 0.3) is 0 Å². The number of carboxylic acid groups (broad SMARTS) is 1. The summed E-state index contributed by atoms with van der Waals surface area (Å²) < 4.78 is 29.7. The second kappa shape index (κ2) is 16.9. The zero-order valence-electron chi connectivity index (χ0n) is 26.5. The van der Waals surface area contributed by atoms with Gasteiger partial charge in [-0.1, -0.05) is 50.0 Å². The molecule has 4 rings (SSSR count). The lowest BCUT2D eigenvalue weighted by Gasteiger charge is -2.27. The van der Waals surface area contributed by atoms with Gasteiger partial charge >= 0.3 is 5.97 Å². The highest BCUT2D eigenvalue weighted by molar-refractivity contribution is 5.84. The monoisotopic (exact) mass is 588 g/mol. The van der Waals surface area contributed by atoms with E-state index in [1.165, 1.54) is 56.1 Å². The van der Waals surface area contributed by atoms with Gasteiger partial charge in [-0.25, -0.2) is 4.79 Å². The van der Waals surface area contributed by atoms with Gasteiger partial charge in [0.15, 0.2) is 18.3 Å². The van der Waals surface area contributed by atoms with Crippen LogP contribution in [0.5, 0.6) is 0 Å². The minimum atomic E-state index is -1.14. The van der Waals surface area contributed by atoms with E-state index in [9.17, 15) is 9.90 Å². The van der Waals surface area contributed by atoms with Crippen molar-refractivity contribution in [2.24, 2.45) is 17.8 Å². The maximum absolute atomic E-state index is 12.3. The molecule has 3 heterocycles. The Morgan fingerprint density at radius 3 is 2.36 bits per heavy atom. The first kappa shape index (κ1) is 33.1. The van der Waals surface area contributed by atoms with Crippen LogP contribution in [-0.2, 0) is 28.5 Å². The average Bonchev–Trinajstić information content (AvgIpc) is 3.61. The van der Waals surface area contributed by atoms with Gasteiger partial charge in [0.2, 0.25) is 5.76 Å². The van der Waals surface area contributed by atoms with Gasteiger partial charge < -0.3 is 28.8 Å². The second-order valence-corrected chi connectivity index (χ2v) is 13.4. The highest BCUT2D eigenvalue weighted by atomic mass is 16.7. The van der Waals surface area contributed by atoms with E-state index < -0.39 is 18.5 Å². The molecule has 0 radical (unpaired) electrons. The molecule has 0 amide bonds. The molecule has 4 fully saturated rings. The number of hydrogen-bond donors (Lipinski definition) is 1. The first-order valence-electron chi connectivity index (χ1n) is 16.8. The molecule has 4 aliphatic rings. The predicted molar refractivity (Wildman–Crippen MR) is 164 cm³/mol. The zero-order chi connectivity index (χ0) is 29.9. The van der Waals surface area contributed by atoms with Crippen LogP contribution in [0.2, 0.25) is 0 Å². The van der Waals surface area contributed by atoms with Crippen molar-refractivity contribution in [3.63, 3.8) is 0 Å². The molecule has 0 aromatic rings. The Morgan fingerprint density at radius 2 is 1.71 bits per heavy atom. The highest BCUT2D eigenvalue weighted by Crippen LogP contribution is 2.46. The summed E-state index contributed by atoms with van der Waals surface area (Å²) in [6, 6.07) is 0. The quantitative estimate of drug-likeness (QED) is 0.0600. The van der Waals surface area contributed by atoms with Crippen molar-refractivity contribution in [2.75, 3.05) is 13.2 Å². The molecule has 0 aromatic carbocycles. The Bertz CT molecular complexity index is 924. The van der Waals surface area contributed by atoms with E-state index in [1.807, 2.05) is 0 Å². The number of allylic oxidation sites excluding steroid dienone is 3. The third kappa shape index (κ3) is 10.7. The number of carboxylic acids is 1. The molecule has 7 atom stereocenters. The largest absolute Gasteiger partial charge is 0.475 e. The predicted octanol–water partition coefficient (Wildman–Crippen LogP) is 8.44. The van der Waals surface area contributed by atoms with E-state index in [2.05, 4.69) is 33.4 Å². The molecule has 0 aromatic heterocycles. The van der Waals surface area contributed by atoms with Crippen molar-refractivity contribution in [3.8, 4) is 0 Å². The van der Waals surface area contributed by atoms with E-state index >= 15 is 0 Å². The molecule has 0 spiro atoms. The maximum Gasteiger partial charge on any atom is 0.374 e. The summed E-state index contributed by atoms with van der Waals surface area (Å²) in [5.41, 5.74) is 2.77. The number of unbranched alkanes of at least 4 members (excludes halogenated alkanes) is 1. The van der Waals surface area contributed by atoms with Crippen molar-refractivity contribution >= 4 is 5.97 Å². The van der Waals surface area contributed by atoms with E-state index in [0.717, 1.165) is 50.9 Å². The fraction of sp³-hybridized carbons (Fsp3) is 0.800. The summed E-state index contributed by atoms with van der Waals surface area (Å²) in [5, 5.41) is 10.1. The number of aliphatic carboxylic acids is 1. The van der Waals surface area contributed by atoms with E-state index in [-0.39, 0.29) is 18.0 Å². The van der Waals surface area contributed by atoms with Crippen LogP contribution in [0, 0.1) is 17.8 Å². The topological polar surface area (TPSA) is 86.8 Å². The minimum Gasteiger partial charge on any atom is -0.475 e. The van der Waals surface area contributed by atoms with E-state index in [4.69, 9.17) is 23.7 Å². The van der Waals surface area contributed by atoms with Crippen LogP contribution < -0.4 is 0 Å². The van der Waals surface area contributed by atoms with Gasteiger partial charge in [-0.2, -0.15) is 0 Å². The van der Waals surface area contributed by atoms with Crippen molar-refractivity contribution in [1.29, 1.82) is 0 Å². The third-order valence-electron chi connectivity index (χ3n) is 9.47. The highest BCUT2D eigenvalue weighted by Gasteiger charge is 2.45. The van der Waals surface area contributed by atoms with Crippen LogP contribution in [0.25, 0.3) is 0 Å². The smallest absolute Gasteiger partial charge is 0.374 e. The Hall–Kier alpha value is -1.83. The summed E-state index contributed by atoms with van der Waals surface area (Å²) >= 11 is 0. The van der Waals surface area contributed by atoms with Gasteiger partial charge in [-0.15, -0.1) is 0 Å². The van der Waals surface area contributed by atoms with Gasteiger partial charge in [-0.05, 0) is 95.8 Å². The van der Waals surface area contributed by atoms with Crippen molar-refractivity contribution < 1.29 is 33.6 Å². The van der Waals surface area contributed by atoms with Crippen LogP contribution >= 0.6 is 0 Å². The van der Waals surface area contributed by atoms with Crippen LogP contribution in [-0.4, -0.2) is 49.1 Å². The molecule has 0 bridgehead atoms. The number of carbonyl (C=O) groups is 1. The molecular weight excluding hydrogens is 532 g/mol. The molecule has 3 saturated heterocycles. The van der Waals surface area contributed by atoms with Crippen molar-refractivity contribution in [3.05, 3.63) is 35.3 Å². The number of rotatable bonds is 17. The third-order valence-corrected chi connectivity index (χ3v) is 9.47. The molecule has 7 heteroatoms. The lowest BCUT2D eigenvalue weighted by molar-refractivity contribution is -0.170. The van der Waals surface area contributed by atoms with Crippen LogP contribution in [0.15, 0.2) is 35.3 Å². The summed E-state index contributed by atoms with van der Waals surface area (Å²) in [4.78, 5) is 12.3. The number of ether oxygens (including phenoxy) is 5. The lowest BCUT2D eigenvalue weighted by atomic mass is 9.85.